The Labute approximate surface area is 327 Å². The highest BCUT2D eigenvalue weighted by molar-refractivity contribution is 5.69. The highest BCUT2D eigenvalue weighted by Gasteiger charge is 2.16. The van der Waals surface area contributed by atoms with E-state index in [2.05, 4.69) is 27.7 Å². The topological polar surface area (TPSA) is 63.6 Å². The van der Waals surface area contributed by atoms with E-state index in [0.717, 1.165) is 38.5 Å². The molecule has 0 aliphatic rings. The number of esters is 1. The molecule has 4 heteroatoms. The second kappa shape index (κ2) is 48.0. The molecule has 0 bridgehead atoms. The summed E-state index contributed by atoms with van der Waals surface area (Å²) in [6.45, 7) is 9.67. The highest BCUT2D eigenvalue weighted by Crippen LogP contribution is 2.20. The van der Waals surface area contributed by atoms with Crippen molar-refractivity contribution in [2.24, 2.45) is 5.92 Å². The number of unbranched alkanes of at least 4 members (excludes halogenated alkanes) is 33. The van der Waals surface area contributed by atoms with Crippen LogP contribution in [-0.4, -0.2) is 23.7 Å². The van der Waals surface area contributed by atoms with Gasteiger partial charge in [-0.15, -0.1) is 0 Å². The van der Waals surface area contributed by atoms with Gasteiger partial charge >= 0.3 is 11.9 Å². The fourth-order valence-electron chi connectivity index (χ4n) is 7.22. The van der Waals surface area contributed by atoms with Gasteiger partial charge in [0, 0.05) is 6.42 Å². The van der Waals surface area contributed by atoms with Gasteiger partial charge < -0.3 is 9.84 Å². The third kappa shape index (κ3) is 47.0. The fourth-order valence-corrected chi connectivity index (χ4v) is 7.22. The number of hydrogen-bond donors (Lipinski definition) is 1. The van der Waals surface area contributed by atoms with Crippen LogP contribution < -0.4 is 0 Å². The maximum absolute atomic E-state index is 11.7. The average molecular weight is 737 g/mol. The first-order valence-electron chi connectivity index (χ1n) is 23.9. The summed E-state index contributed by atoms with van der Waals surface area (Å²) < 4.78 is 5.35. The average Bonchev–Trinajstić information content (AvgIpc) is 3.14. The van der Waals surface area contributed by atoms with Gasteiger partial charge in [0.2, 0.25) is 0 Å². The van der Waals surface area contributed by atoms with Gasteiger partial charge in [-0.2, -0.15) is 0 Å². The van der Waals surface area contributed by atoms with Gasteiger partial charge in [0.15, 0.2) is 0 Å². The molecule has 0 amide bonds. The van der Waals surface area contributed by atoms with E-state index >= 15 is 0 Å². The molecule has 0 heterocycles. The van der Waals surface area contributed by atoms with E-state index in [0.29, 0.717) is 13.0 Å². The molecule has 0 spiro atoms. The van der Waals surface area contributed by atoms with Crippen LogP contribution in [-0.2, 0) is 14.3 Å². The number of carbonyl (C=O) groups is 2. The van der Waals surface area contributed by atoms with E-state index in [1.807, 2.05) is 0 Å². The van der Waals surface area contributed by atoms with Crippen LogP contribution in [0.3, 0.4) is 0 Å². The molecular formula is C48H96O4. The maximum atomic E-state index is 11.7. The second-order valence-electron chi connectivity index (χ2n) is 16.3. The van der Waals surface area contributed by atoms with Crippen LogP contribution >= 0.6 is 0 Å². The van der Waals surface area contributed by atoms with Crippen molar-refractivity contribution in [3.8, 4) is 0 Å². The van der Waals surface area contributed by atoms with Gasteiger partial charge in [0.05, 0.1) is 12.5 Å². The first kappa shape index (κ1) is 53.0. The largest absolute Gasteiger partial charge is 0.481 e. The molecule has 0 aromatic carbocycles. The summed E-state index contributed by atoms with van der Waals surface area (Å²) in [6.07, 6.45) is 50.8. The lowest BCUT2D eigenvalue weighted by Gasteiger charge is -2.12. The summed E-state index contributed by atoms with van der Waals surface area (Å²) in [4.78, 5) is 23.1. The third-order valence-electron chi connectivity index (χ3n) is 10.9. The molecule has 0 saturated heterocycles. The molecule has 52 heavy (non-hydrogen) atoms. The summed E-state index contributed by atoms with van der Waals surface area (Å²) in [5.41, 5.74) is 0. The zero-order valence-corrected chi connectivity index (χ0v) is 36.2. The molecule has 0 aliphatic carbocycles. The molecule has 0 aliphatic heterocycles. The molecule has 0 saturated carbocycles. The molecule has 0 rings (SSSR count). The zero-order chi connectivity index (χ0) is 38.4. The van der Waals surface area contributed by atoms with E-state index in [1.165, 1.54) is 212 Å². The number of hydrogen-bond acceptors (Lipinski definition) is 3. The summed E-state index contributed by atoms with van der Waals surface area (Å²) in [5.74, 6) is -0.642. The van der Waals surface area contributed by atoms with Crippen molar-refractivity contribution in [3.05, 3.63) is 0 Å². The predicted octanol–water partition coefficient (Wildman–Crippen LogP) is 16.9. The molecular weight excluding hydrogens is 641 g/mol. The van der Waals surface area contributed by atoms with Crippen LogP contribution in [0.25, 0.3) is 0 Å². The third-order valence-corrected chi connectivity index (χ3v) is 10.9. The summed E-state index contributed by atoms with van der Waals surface area (Å²) in [5, 5.41) is 9.42. The highest BCUT2D eigenvalue weighted by atomic mass is 16.5. The first-order valence-corrected chi connectivity index (χ1v) is 23.9. The zero-order valence-electron chi connectivity index (χ0n) is 36.2. The van der Waals surface area contributed by atoms with Crippen molar-refractivity contribution in [1.29, 1.82) is 0 Å². The number of carbonyl (C=O) groups excluding carboxylic acids is 1. The summed E-state index contributed by atoms with van der Waals surface area (Å²) in [7, 11) is 0. The van der Waals surface area contributed by atoms with Gasteiger partial charge in [0.1, 0.15) is 0 Å². The SMILES string of the molecule is CCCCCCCCCCCCC(CCCCCCCCCC)C(=O)O.CCCCCCCCCCCCOC(=O)CCCCCCCCCCC. The van der Waals surface area contributed by atoms with Crippen molar-refractivity contribution < 1.29 is 19.4 Å². The first-order chi connectivity index (χ1) is 25.5. The quantitative estimate of drug-likeness (QED) is 0.0501. The van der Waals surface area contributed by atoms with Crippen LogP contribution in [0.2, 0.25) is 0 Å². The van der Waals surface area contributed by atoms with E-state index < -0.39 is 5.97 Å². The lowest BCUT2D eigenvalue weighted by atomic mass is 9.94. The number of carboxylic acid groups (broad SMARTS) is 1. The Bertz CT molecular complexity index is 675. The predicted molar refractivity (Wildman–Crippen MR) is 229 cm³/mol. The number of ether oxygens (including phenoxy) is 1. The number of aliphatic carboxylic acids is 1. The number of rotatable bonds is 42. The van der Waals surface area contributed by atoms with Crippen molar-refractivity contribution in [2.75, 3.05) is 6.61 Å². The Hall–Kier alpha value is -1.06. The molecule has 0 aromatic heterocycles. The Morgan fingerprint density at radius 3 is 0.904 bits per heavy atom. The van der Waals surface area contributed by atoms with Crippen molar-refractivity contribution in [1.82, 2.24) is 0 Å². The molecule has 1 atom stereocenters. The Balaban J connectivity index is 0. The van der Waals surface area contributed by atoms with Crippen molar-refractivity contribution in [2.45, 2.75) is 285 Å². The molecule has 1 unspecified atom stereocenters. The molecule has 0 radical (unpaired) electrons. The van der Waals surface area contributed by atoms with Crippen LogP contribution in [0.4, 0.5) is 0 Å². The minimum absolute atomic E-state index is 0.0175. The van der Waals surface area contributed by atoms with E-state index in [1.54, 1.807) is 0 Å². The lowest BCUT2D eigenvalue weighted by molar-refractivity contribution is -0.144. The van der Waals surface area contributed by atoms with Gasteiger partial charge in [-0.05, 0) is 25.7 Å². The van der Waals surface area contributed by atoms with Crippen LogP contribution in [0, 0.1) is 5.92 Å². The van der Waals surface area contributed by atoms with Gasteiger partial charge in [-0.3, -0.25) is 9.59 Å². The normalized spacial score (nSPS) is 11.7. The molecule has 0 aromatic rings. The monoisotopic (exact) mass is 737 g/mol. The Morgan fingerprint density at radius 1 is 0.365 bits per heavy atom. The van der Waals surface area contributed by atoms with Gasteiger partial charge in [0.25, 0.3) is 0 Å². The Kier molecular flexibility index (Phi) is 48.9. The minimum atomic E-state index is -0.566. The van der Waals surface area contributed by atoms with Gasteiger partial charge in [-0.25, -0.2) is 0 Å². The van der Waals surface area contributed by atoms with Crippen LogP contribution in [0.5, 0.6) is 0 Å². The number of carboxylic acids is 1. The van der Waals surface area contributed by atoms with E-state index in [4.69, 9.17) is 4.74 Å². The second-order valence-corrected chi connectivity index (χ2v) is 16.3. The van der Waals surface area contributed by atoms with Crippen LogP contribution in [0.15, 0.2) is 0 Å². The smallest absolute Gasteiger partial charge is 0.306 e. The summed E-state index contributed by atoms with van der Waals surface area (Å²) in [6, 6.07) is 0. The van der Waals surface area contributed by atoms with Crippen LogP contribution in [0.1, 0.15) is 285 Å². The molecule has 312 valence electrons. The minimum Gasteiger partial charge on any atom is -0.481 e. The Morgan fingerprint density at radius 2 is 0.615 bits per heavy atom. The standard InChI is InChI=1S/2C24H48O2/c1-3-5-7-9-11-13-14-16-18-20-22-23(24(25)26)21-19-17-15-12-10-8-6-4-2;1-3-5-7-9-11-13-15-17-19-21-23-26-24(25)22-20-18-16-14-12-10-8-6-4-2/h23H,3-22H2,1-2H3,(H,25,26);3-23H2,1-2H3. The summed E-state index contributed by atoms with van der Waals surface area (Å²) >= 11 is 0. The molecule has 1 N–H and O–H groups in total. The van der Waals surface area contributed by atoms with E-state index in [9.17, 15) is 14.7 Å². The molecule has 0 fully saturated rings. The van der Waals surface area contributed by atoms with Crippen molar-refractivity contribution >= 4 is 11.9 Å². The van der Waals surface area contributed by atoms with Gasteiger partial charge in [-0.1, -0.05) is 252 Å². The lowest BCUT2D eigenvalue weighted by Crippen LogP contribution is -2.13. The van der Waals surface area contributed by atoms with E-state index in [-0.39, 0.29) is 11.9 Å². The molecule has 4 nitrogen and oxygen atoms in total. The fraction of sp³-hybridized carbons (Fsp3) is 0.958. The van der Waals surface area contributed by atoms with Crippen molar-refractivity contribution in [3.63, 3.8) is 0 Å². The maximum Gasteiger partial charge on any atom is 0.306 e.